The Morgan fingerprint density at radius 3 is 2.80 bits per heavy atom. The number of hydrogen-bond donors (Lipinski definition) is 2. The van der Waals surface area contributed by atoms with Crippen molar-refractivity contribution in [3.8, 4) is 0 Å². The van der Waals surface area contributed by atoms with E-state index in [2.05, 4.69) is 29.6 Å². The normalized spacial score (nSPS) is 32.6. The maximum atomic E-state index is 13.3. The fourth-order valence-electron chi connectivity index (χ4n) is 5.01. The first-order valence-corrected chi connectivity index (χ1v) is 9.19. The van der Waals surface area contributed by atoms with Crippen LogP contribution in [-0.2, 0) is 15.1 Å². The minimum atomic E-state index is -0.564. The van der Waals surface area contributed by atoms with Gasteiger partial charge < -0.3 is 15.4 Å². The predicted octanol–water partition coefficient (Wildman–Crippen LogP) is 1.70. The lowest BCUT2D eigenvalue weighted by Crippen LogP contribution is -2.72. The first-order chi connectivity index (χ1) is 11.6. The highest BCUT2D eigenvalue weighted by Gasteiger charge is 2.59. The van der Waals surface area contributed by atoms with E-state index in [1.807, 2.05) is 16.9 Å². The van der Waals surface area contributed by atoms with Crippen molar-refractivity contribution in [2.75, 3.05) is 19.7 Å². The average Bonchev–Trinajstić information content (AvgIpc) is 3.15. The molecule has 3 atom stereocenters. The number of amides is 1. The van der Waals surface area contributed by atoms with E-state index in [1.165, 1.54) is 0 Å². The second-order valence-corrected chi connectivity index (χ2v) is 8.10. The van der Waals surface area contributed by atoms with Gasteiger partial charge in [-0.05, 0) is 44.8 Å². The Balaban J connectivity index is 0.00000182. The molecular weight excluding hydrogens is 340 g/mol. The van der Waals surface area contributed by atoms with E-state index in [0.717, 1.165) is 45.4 Å². The highest BCUT2D eigenvalue weighted by Crippen LogP contribution is 2.51. The Labute approximate surface area is 155 Å². The highest BCUT2D eigenvalue weighted by atomic mass is 35.5. The summed E-state index contributed by atoms with van der Waals surface area (Å²) in [6.07, 6.45) is 7.76. The summed E-state index contributed by atoms with van der Waals surface area (Å²) in [5, 5.41) is 11.2. The number of nitrogens with one attached hydrogen (secondary N) is 2. The molecule has 1 aromatic heterocycles. The minimum absolute atomic E-state index is 0. The topological polar surface area (TPSA) is 68.2 Å². The van der Waals surface area contributed by atoms with Crippen molar-refractivity contribution >= 4 is 18.3 Å². The molecule has 140 valence electrons. The van der Waals surface area contributed by atoms with Gasteiger partial charge in [-0.3, -0.25) is 9.48 Å². The molecule has 1 amide bonds. The molecule has 2 saturated heterocycles. The smallest absolute Gasteiger partial charge is 0.248 e. The van der Waals surface area contributed by atoms with Crippen molar-refractivity contribution in [2.45, 2.75) is 57.2 Å². The van der Waals surface area contributed by atoms with Crippen LogP contribution in [0.5, 0.6) is 0 Å². The molecule has 6 nitrogen and oxygen atoms in total. The van der Waals surface area contributed by atoms with E-state index in [0.29, 0.717) is 5.92 Å². The van der Waals surface area contributed by atoms with Gasteiger partial charge >= 0.3 is 0 Å². The highest BCUT2D eigenvalue weighted by molar-refractivity contribution is 5.85. The van der Waals surface area contributed by atoms with Gasteiger partial charge in [0.2, 0.25) is 5.91 Å². The number of carbonyl (C=O) groups excluding carboxylic acids is 1. The fraction of sp³-hybridized carbons (Fsp3) is 0.778. The first kappa shape index (κ1) is 18.7. The van der Waals surface area contributed by atoms with Gasteiger partial charge in [-0.25, -0.2) is 0 Å². The van der Waals surface area contributed by atoms with E-state index in [9.17, 15) is 4.79 Å². The van der Waals surface area contributed by atoms with Crippen LogP contribution in [0, 0.1) is 11.3 Å². The zero-order valence-corrected chi connectivity index (χ0v) is 15.8. The van der Waals surface area contributed by atoms with E-state index < -0.39 is 5.54 Å². The Kier molecular flexibility index (Phi) is 5.15. The van der Waals surface area contributed by atoms with E-state index in [1.54, 1.807) is 6.20 Å². The SMILES string of the molecule is CC1(C)C(NC(=O)C2(n3cccn3)CCNCC2)C2CCCOC21.Cl. The Bertz CT molecular complexity index is 598. The first-order valence-electron chi connectivity index (χ1n) is 9.19. The molecular formula is C18H29ClN4O2. The fourth-order valence-corrected chi connectivity index (χ4v) is 5.01. The van der Waals surface area contributed by atoms with Crippen molar-refractivity contribution in [3.05, 3.63) is 18.5 Å². The molecule has 2 N–H and O–H groups in total. The van der Waals surface area contributed by atoms with Gasteiger partial charge in [0.1, 0.15) is 5.54 Å². The van der Waals surface area contributed by atoms with Crippen LogP contribution in [0.3, 0.4) is 0 Å². The molecule has 0 aromatic carbocycles. The van der Waals surface area contributed by atoms with Crippen molar-refractivity contribution in [1.29, 1.82) is 0 Å². The Morgan fingerprint density at radius 1 is 1.36 bits per heavy atom. The van der Waals surface area contributed by atoms with Crippen molar-refractivity contribution in [1.82, 2.24) is 20.4 Å². The Morgan fingerprint density at radius 2 is 2.12 bits per heavy atom. The molecule has 3 fully saturated rings. The maximum absolute atomic E-state index is 13.3. The summed E-state index contributed by atoms with van der Waals surface area (Å²) in [4.78, 5) is 13.3. The summed E-state index contributed by atoms with van der Waals surface area (Å²) in [5.41, 5.74) is -0.565. The lowest BCUT2D eigenvalue weighted by molar-refractivity contribution is -0.195. The lowest BCUT2D eigenvalue weighted by atomic mass is 9.55. The minimum Gasteiger partial charge on any atom is -0.377 e. The number of hydrogen-bond acceptors (Lipinski definition) is 4. The summed E-state index contributed by atoms with van der Waals surface area (Å²) in [5.74, 6) is 0.573. The van der Waals surface area contributed by atoms with Gasteiger partial charge in [0.05, 0.1) is 6.10 Å². The second-order valence-electron chi connectivity index (χ2n) is 8.10. The molecule has 7 heteroatoms. The van der Waals surface area contributed by atoms with Gasteiger partial charge in [-0.15, -0.1) is 12.4 Å². The Hall–Kier alpha value is -1.11. The summed E-state index contributed by atoms with van der Waals surface area (Å²) >= 11 is 0. The number of halogens is 1. The van der Waals surface area contributed by atoms with Crippen molar-refractivity contribution in [2.24, 2.45) is 11.3 Å². The van der Waals surface area contributed by atoms with Crippen LogP contribution >= 0.6 is 12.4 Å². The van der Waals surface area contributed by atoms with Crippen LogP contribution in [0.15, 0.2) is 18.5 Å². The molecule has 3 unspecified atom stereocenters. The summed E-state index contributed by atoms with van der Waals surface area (Å²) in [6, 6.07) is 2.09. The molecule has 4 rings (SSSR count). The number of fused-ring (bicyclic) bond motifs is 1. The predicted molar refractivity (Wildman–Crippen MR) is 97.7 cm³/mol. The maximum Gasteiger partial charge on any atom is 0.248 e. The molecule has 0 spiro atoms. The standard InChI is InChI=1S/C18H28N4O2.ClH/c1-17(2)14(13-5-3-12-24-15(13)17)21-16(23)18(6-9-19-10-7-18)22-11-4-8-20-22;/h4,8,11,13-15,19H,3,5-7,9-10,12H2,1-2H3,(H,21,23);1H. The van der Waals surface area contributed by atoms with E-state index in [-0.39, 0.29) is 35.9 Å². The third kappa shape index (κ3) is 2.88. The van der Waals surface area contributed by atoms with Gasteiger partial charge in [-0.1, -0.05) is 13.8 Å². The summed E-state index contributed by atoms with van der Waals surface area (Å²) in [6.45, 7) is 6.97. The number of rotatable bonds is 3. The second kappa shape index (κ2) is 6.89. The number of carbonyl (C=O) groups is 1. The zero-order chi connectivity index (χ0) is 16.8. The largest absolute Gasteiger partial charge is 0.377 e. The van der Waals surface area contributed by atoms with Crippen LogP contribution in [0.25, 0.3) is 0 Å². The molecule has 1 aliphatic carbocycles. The van der Waals surface area contributed by atoms with E-state index >= 15 is 0 Å². The molecule has 0 bridgehead atoms. The number of aromatic nitrogens is 2. The van der Waals surface area contributed by atoms with Crippen molar-refractivity contribution < 1.29 is 9.53 Å². The van der Waals surface area contributed by atoms with E-state index in [4.69, 9.17) is 4.74 Å². The third-order valence-electron chi connectivity index (χ3n) is 6.41. The van der Waals surface area contributed by atoms with Crippen LogP contribution in [-0.4, -0.2) is 47.5 Å². The molecule has 1 saturated carbocycles. The molecule has 0 radical (unpaired) electrons. The van der Waals surface area contributed by atoms with Gasteiger partial charge in [0.15, 0.2) is 0 Å². The van der Waals surface area contributed by atoms with Crippen LogP contribution in [0.2, 0.25) is 0 Å². The average molecular weight is 369 g/mol. The molecule has 25 heavy (non-hydrogen) atoms. The van der Waals surface area contributed by atoms with Gasteiger partial charge in [0.25, 0.3) is 0 Å². The summed E-state index contributed by atoms with van der Waals surface area (Å²) < 4.78 is 7.83. The molecule has 2 aliphatic heterocycles. The van der Waals surface area contributed by atoms with Crippen LogP contribution in [0.1, 0.15) is 39.5 Å². The molecule has 3 heterocycles. The number of nitrogens with zero attached hydrogens (tertiary/aromatic N) is 2. The molecule has 3 aliphatic rings. The van der Waals surface area contributed by atoms with Crippen LogP contribution in [0.4, 0.5) is 0 Å². The monoisotopic (exact) mass is 368 g/mol. The number of piperidine rings is 1. The van der Waals surface area contributed by atoms with Crippen molar-refractivity contribution in [3.63, 3.8) is 0 Å². The zero-order valence-electron chi connectivity index (χ0n) is 15.0. The van der Waals surface area contributed by atoms with Gasteiger partial charge in [0, 0.05) is 36.4 Å². The molecule has 1 aromatic rings. The third-order valence-corrected chi connectivity index (χ3v) is 6.41. The summed E-state index contributed by atoms with van der Waals surface area (Å²) in [7, 11) is 0. The lowest BCUT2D eigenvalue weighted by Gasteiger charge is -2.60. The van der Waals surface area contributed by atoms with Crippen LogP contribution < -0.4 is 10.6 Å². The quantitative estimate of drug-likeness (QED) is 0.852. The van der Waals surface area contributed by atoms with Gasteiger partial charge in [-0.2, -0.15) is 5.10 Å². The number of ether oxygens (including phenoxy) is 1.